The standard InChI is InChI=1S/C11H11FN2O/c12-10-4-2-1-3-8(10)5-11-13-6-9(7-15)14-11/h1-4,6,15H,5,7H2,(H,13,14). The van der Waals surface area contributed by atoms with Crippen LogP contribution in [0.2, 0.25) is 0 Å². The Morgan fingerprint density at radius 1 is 1.33 bits per heavy atom. The Morgan fingerprint density at radius 3 is 2.80 bits per heavy atom. The number of imidazole rings is 1. The molecule has 0 spiro atoms. The highest BCUT2D eigenvalue weighted by Crippen LogP contribution is 2.10. The van der Waals surface area contributed by atoms with Crippen LogP contribution in [-0.4, -0.2) is 15.1 Å². The number of rotatable bonds is 3. The summed E-state index contributed by atoms with van der Waals surface area (Å²) in [6, 6.07) is 6.58. The minimum atomic E-state index is -0.237. The van der Waals surface area contributed by atoms with E-state index in [1.165, 1.54) is 6.07 Å². The van der Waals surface area contributed by atoms with Gasteiger partial charge in [0.15, 0.2) is 0 Å². The van der Waals surface area contributed by atoms with Crippen LogP contribution in [-0.2, 0) is 13.0 Å². The van der Waals surface area contributed by atoms with E-state index < -0.39 is 0 Å². The summed E-state index contributed by atoms with van der Waals surface area (Å²) in [6.45, 7) is -0.0791. The van der Waals surface area contributed by atoms with Crippen LogP contribution in [0.3, 0.4) is 0 Å². The van der Waals surface area contributed by atoms with Crippen molar-refractivity contribution in [3.63, 3.8) is 0 Å². The number of nitrogens with one attached hydrogen (secondary N) is 1. The van der Waals surface area contributed by atoms with Crippen LogP contribution in [0.15, 0.2) is 30.5 Å². The van der Waals surface area contributed by atoms with Gasteiger partial charge in [-0.2, -0.15) is 0 Å². The molecule has 2 N–H and O–H groups in total. The van der Waals surface area contributed by atoms with Crippen LogP contribution >= 0.6 is 0 Å². The summed E-state index contributed by atoms with van der Waals surface area (Å²) < 4.78 is 13.3. The number of H-pyrrole nitrogens is 1. The Labute approximate surface area is 86.6 Å². The van der Waals surface area contributed by atoms with Gasteiger partial charge >= 0.3 is 0 Å². The van der Waals surface area contributed by atoms with Crippen molar-refractivity contribution < 1.29 is 9.50 Å². The lowest BCUT2D eigenvalue weighted by Gasteiger charge is -1.99. The molecule has 0 amide bonds. The van der Waals surface area contributed by atoms with E-state index >= 15 is 0 Å². The van der Waals surface area contributed by atoms with E-state index in [0.29, 0.717) is 23.5 Å². The quantitative estimate of drug-likeness (QED) is 0.801. The Morgan fingerprint density at radius 2 is 2.13 bits per heavy atom. The van der Waals surface area contributed by atoms with Gasteiger partial charge in [-0.15, -0.1) is 0 Å². The third kappa shape index (κ3) is 2.22. The molecule has 0 aliphatic heterocycles. The summed E-state index contributed by atoms with van der Waals surface area (Å²) in [4.78, 5) is 6.95. The molecule has 2 rings (SSSR count). The molecule has 1 aromatic heterocycles. The van der Waals surface area contributed by atoms with E-state index in [-0.39, 0.29) is 12.4 Å². The molecular formula is C11H11FN2O. The second-order valence-corrected chi connectivity index (χ2v) is 3.28. The summed E-state index contributed by atoms with van der Waals surface area (Å²) in [5, 5.41) is 8.83. The average Bonchev–Trinajstić information content (AvgIpc) is 2.69. The Kier molecular flexibility index (Phi) is 2.78. The Balaban J connectivity index is 2.18. The molecule has 0 aliphatic rings. The van der Waals surface area contributed by atoms with Crippen molar-refractivity contribution in [2.75, 3.05) is 0 Å². The summed E-state index contributed by atoms with van der Waals surface area (Å²) in [5.74, 6) is 0.420. The molecule has 0 radical (unpaired) electrons. The minimum Gasteiger partial charge on any atom is -0.390 e. The molecule has 0 unspecified atom stereocenters. The first-order chi connectivity index (χ1) is 7.29. The summed E-state index contributed by atoms with van der Waals surface area (Å²) >= 11 is 0. The first-order valence-corrected chi connectivity index (χ1v) is 4.66. The number of hydrogen-bond acceptors (Lipinski definition) is 2. The lowest BCUT2D eigenvalue weighted by atomic mass is 10.1. The van der Waals surface area contributed by atoms with Crippen LogP contribution in [0.1, 0.15) is 17.1 Å². The minimum absolute atomic E-state index is 0.0791. The molecular weight excluding hydrogens is 195 g/mol. The van der Waals surface area contributed by atoms with E-state index in [2.05, 4.69) is 9.97 Å². The third-order valence-corrected chi connectivity index (χ3v) is 2.17. The van der Waals surface area contributed by atoms with Crippen LogP contribution in [0.25, 0.3) is 0 Å². The number of aliphatic hydroxyl groups excluding tert-OH is 1. The van der Waals surface area contributed by atoms with Crippen molar-refractivity contribution in [2.45, 2.75) is 13.0 Å². The molecule has 0 saturated heterocycles. The molecule has 0 fully saturated rings. The van der Waals surface area contributed by atoms with Gasteiger partial charge in [0.1, 0.15) is 11.6 Å². The normalized spacial score (nSPS) is 10.5. The second kappa shape index (κ2) is 4.23. The Bertz CT molecular complexity index is 453. The topological polar surface area (TPSA) is 48.9 Å². The van der Waals surface area contributed by atoms with Gasteiger partial charge in [0.2, 0.25) is 0 Å². The van der Waals surface area contributed by atoms with Gasteiger partial charge in [0, 0.05) is 6.42 Å². The van der Waals surface area contributed by atoms with Gasteiger partial charge in [0.25, 0.3) is 0 Å². The summed E-state index contributed by atoms with van der Waals surface area (Å²) in [6.07, 6.45) is 1.96. The molecule has 1 aromatic carbocycles. The van der Waals surface area contributed by atoms with E-state index in [1.807, 2.05) is 0 Å². The number of aromatic nitrogens is 2. The molecule has 0 saturated carbocycles. The molecule has 4 heteroatoms. The zero-order valence-electron chi connectivity index (χ0n) is 8.07. The number of hydrogen-bond donors (Lipinski definition) is 2. The van der Waals surface area contributed by atoms with E-state index in [9.17, 15) is 4.39 Å². The lowest BCUT2D eigenvalue weighted by Crippen LogP contribution is -1.94. The van der Waals surface area contributed by atoms with Crippen LogP contribution < -0.4 is 0 Å². The average molecular weight is 206 g/mol. The summed E-state index contributed by atoms with van der Waals surface area (Å²) in [5.41, 5.74) is 1.23. The molecule has 3 nitrogen and oxygen atoms in total. The fourth-order valence-corrected chi connectivity index (χ4v) is 1.40. The molecule has 78 valence electrons. The number of nitrogens with zero attached hydrogens (tertiary/aromatic N) is 1. The van der Waals surface area contributed by atoms with Crippen molar-refractivity contribution in [3.05, 3.63) is 53.4 Å². The van der Waals surface area contributed by atoms with Crippen molar-refractivity contribution in [2.24, 2.45) is 0 Å². The number of halogens is 1. The van der Waals surface area contributed by atoms with Gasteiger partial charge in [-0.05, 0) is 11.6 Å². The van der Waals surface area contributed by atoms with Gasteiger partial charge in [-0.3, -0.25) is 0 Å². The van der Waals surface area contributed by atoms with Crippen molar-refractivity contribution >= 4 is 0 Å². The first kappa shape index (κ1) is 9.86. The van der Waals surface area contributed by atoms with Crippen LogP contribution in [0.5, 0.6) is 0 Å². The summed E-state index contributed by atoms with van der Waals surface area (Å²) in [7, 11) is 0. The van der Waals surface area contributed by atoms with Gasteiger partial charge in [0.05, 0.1) is 18.5 Å². The maximum atomic E-state index is 13.3. The highest BCUT2D eigenvalue weighted by molar-refractivity contribution is 5.21. The predicted octanol–water partition coefficient (Wildman–Crippen LogP) is 1.63. The fourth-order valence-electron chi connectivity index (χ4n) is 1.40. The number of aliphatic hydroxyl groups is 1. The second-order valence-electron chi connectivity index (χ2n) is 3.28. The molecule has 2 aromatic rings. The van der Waals surface area contributed by atoms with E-state index in [0.717, 1.165) is 0 Å². The van der Waals surface area contributed by atoms with Crippen molar-refractivity contribution in [3.8, 4) is 0 Å². The van der Waals surface area contributed by atoms with Crippen LogP contribution in [0, 0.1) is 5.82 Å². The fraction of sp³-hybridized carbons (Fsp3) is 0.182. The highest BCUT2D eigenvalue weighted by atomic mass is 19.1. The molecule has 1 heterocycles. The van der Waals surface area contributed by atoms with Gasteiger partial charge in [-0.25, -0.2) is 9.37 Å². The van der Waals surface area contributed by atoms with Gasteiger partial charge < -0.3 is 10.1 Å². The van der Waals surface area contributed by atoms with Crippen molar-refractivity contribution in [1.82, 2.24) is 9.97 Å². The van der Waals surface area contributed by atoms with Crippen LogP contribution in [0.4, 0.5) is 4.39 Å². The molecule has 0 bridgehead atoms. The Hall–Kier alpha value is -1.68. The van der Waals surface area contributed by atoms with E-state index in [1.54, 1.807) is 24.4 Å². The third-order valence-electron chi connectivity index (χ3n) is 2.17. The lowest BCUT2D eigenvalue weighted by molar-refractivity contribution is 0.277. The number of benzene rings is 1. The van der Waals surface area contributed by atoms with Gasteiger partial charge in [-0.1, -0.05) is 18.2 Å². The predicted molar refractivity (Wildman–Crippen MR) is 53.7 cm³/mol. The zero-order valence-corrected chi connectivity index (χ0v) is 8.07. The SMILES string of the molecule is OCc1cnc(Cc2ccccc2F)[nH]1. The first-order valence-electron chi connectivity index (χ1n) is 4.66. The van der Waals surface area contributed by atoms with Crippen molar-refractivity contribution in [1.29, 1.82) is 0 Å². The van der Waals surface area contributed by atoms with E-state index in [4.69, 9.17) is 5.11 Å². The molecule has 0 aliphatic carbocycles. The maximum Gasteiger partial charge on any atom is 0.126 e. The number of aromatic amines is 1. The largest absolute Gasteiger partial charge is 0.390 e. The smallest absolute Gasteiger partial charge is 0.126 e. The monoisotopic (exact) mass is 206 g/mol. The molecule has 0 atom stereocenters. The zero-order chi connectivity index (χ0) is 10.7. The molecule has 15 heavy (non-hydrogen) atoms. The maximum absolute atomic E-state index is 13.3. The highest BCUT2D eigenvalue weighted by Gasteiger charge is 2.04.